The zero-order valence-corrected chi connectivity index (χ0v) is 21.6. The van der Waals surface area contributed by atoms with E-state index in [2.05, 4.69) is 33.6 Å². The van der Waals surface area contributed by atoms with Gasteiger partial charge in [0.2, 0.25) is 17.7 Å². The minimum atomic E-state index is -1.27. The number of carbonyl (C=O) groups excluding carboxylic acids is 3. The predicted octanol–water partition coefficient (Wildman–Crippen LogP) is -2.06. The molecule has 4 unspecified atom stereocenters. The van der Waals surface area contributed by atoms with E-state index in [0.717, 1.165) is 0 Å². The van der Waals surface area contributed by atoms with Gasteiger partial charge in [0.05, 0.1) is 6.04 Å². The van der Waals surface area contributed by atoms with E-state index in [1.807, 2.05) is 0 Å². The number of aliphatic carboxylic acids is 2. The van der Waals surface area contributed by atoms with Gasteiger partial charge in [-0.05, 0) is 24.8 Å². The van der Waals surface area contributed by atoms with Crippen molar-refractivity contribution >= 4 is 48.2 Å². The quantitative estimate of drug-likeness (QED) is 0.0441. The Kier molecular flexibility index (Phi) is 14.2. The largest absolute Gasteiger partial charge is 0.481 e. The number of nitrogens with two attached hydrogens (primary N) is 3. The molecule has 0 aromatic heterocycles. The second kappa shape index (κ2) is 16.8. The Labute approximate surface area is 225 Å². The Bertz CT molecular complexity index is 990. The fourth-order valence-corrected chi connectivity index (χ4v) is 3.51. The Morgan fingerprint density at radius 1 is 0.868 bits per heavy atom. The molecule has 0 aliphatic carbocycles. The van der Waals surface area contributed by atoms with Crippen molar-refractivity contribution in [2.75, 3.05) is 12.3 Å². The molecule has 38 heavy (non-hydrogen) atoms. The maximum Gasteiger partial charge on any atom is 0.326 e. The highest BCUT2D eigenvalue weighted by atomic mass is 32.1. The summed E-state index contributed by atoms with van der Waals surface area (Å²) in [5.74, 6) is -4.98. The summed E-state index contributed by atoms with van der Waals surface area (Å²) in [6.07, 6.45) is -0.143. The number of amides is 3. The smallest absolute Gasteiger partial charge is 0.326 e. The number of hydrogen-bond acceptors (Lipinski definition) is 8. The number of aliphatic imine (C=N–C) groups is 1. The molecule has 0 bridgehead atoms. The summed E-state index contributed by atoms with van der Waals surface area (Å²) in [7, 11) is 0. The van der Waals surface area contributed by atoms with Crippen LogP contribution in [0.2, 0.25) is 0 Å². The molecule has 11 N–H and O–H groups in total. The van der Waals surface area contributed by atoms with Crippen LogP contribution in [0, 0.1) is 0 Å². The number of rotatable bonds is 17. The molecule has 4 atom stereocenters. The summed E-state index contributed by atoms with van der Waals surface area (Å²) in [6, 6.07) is 3.86. The molecular formula is C23H35N7O7S. The fourth-order valence-electron chi connectivity index (χ4n) is 3.25. The van der Waals surface area contributed by atoms with E-state index in [-0.39, 0.29) is 50.4 Å². The molecule has 1 rings (SSSR count). The highest BCUT2D eigenvalue weighted by Gasteiger charge is 2.30. The summed E-state index contributed by atoms with van der Waals surface area (Å²) in [5, 5.41) is 25.7. The zero-order chi connectivity index (χ0) is 28.7. The van der Waals surface area contributed by atoms with Crippen LogP contribution in [-0.2, 0) is 30.4 Å². The van der Waals surface area contributed by atoms with Crippen molar-refractivity contribution in [3.8, 4) is 0 Å². The van der Waals surface area contributed by atoms with Crippen LogP contribution >= 0.6 is 12.6 Å². The van der Waals surface area contributed by atoms with Crippen LogP contribution in [0.1, 0.15) is 31.2 Å². The summed E-state index contributed by atoms with van der Waals surface area (Å²) >= 11 is 4.07. The van der Waals surface area contributed by atoms with E-state index >= 15 is 0 Å². The number of thiol groups is 1. The van der Waals surface area contributed by atoms with Crippen LogP contribution in [0.4, 0.5) is 0 Å². The van der Waals surface area contributed by atoms with Crippen molar-refractivity contribution in [2.45, 2.75) is 56.3 Å². The van der Waals surface area contributed by atoms with Crippen LogP contribution in [0.15, 0.2) is 35.3 Å². The molecule has 1 aromatic carbocycles. The number of carbonyl (C=O) groups is 5. The van der Waals surface area contributed by atoms with Gasteiger partial charge in [0, 0.05) is 25.1 Å². The number of nitrogens with zero attached hydrogens (tertiary/aromatic N) is 1. The van der Waals surface area contributed by atoms with E-state index < -0.39 is 53.8 Å². The molecule has 0 saturated heterocycles. The van der Waals surface area contributed by atoms with E-state index in [9.17, 15) is 29.1 Å². The second-order valence-corrected chi connectivity index (χ2v) is 8.75. The van der Waals surface area contributed by atoms with Gasteiger partial charge < -0.3 is 43.4 Å². The fraction of sp³-hybridized carbons (Fsp3) is 0.478. The van der Waals surface area contributed by atoms with Crippen LogP contribution < -0.4 is 33.2 Å². The van der Waals surface area contributed by atoms with Gasteiger partial charge in [0.25, 0.3) is 0 Å². The molecule has 0 aliphatic rings. The van der Waals surface area contributed by atoms with Crippen molar-refractivity contribution < 1.29 is 34.2 Å². The first-order valence-corrected chi connectivity index (χ1v) is 12.4. The minimum Gasteiger partial charge on any atom is -0.481 e. The average molecular weight is 554 g/mol. The zero-order valence-electron chi connectivity index (χ0n) is 20.7. The summed E-state index contributed by atoms with van der Waals surface area (Å²) in [5.41, 5.74) is 17.0. The van der Waals surface area contributed by atoms with Gasteiger partial charge in [-0.15, -0.1) is 0 Å². The molecule has 0 radical (unpaired) electrons. The molecule has 0 spiro atoms. The number of carboxylic acid groups (broad SMARTS) is 2. The molecule has 14 nitrogen and oxygen atoms in total. The Hall–Kier alpha value is -3.85. The number of hydrogen-bond donors (Lipinski definition) is 9. The van der Waals surface area contributed by atoms with Crippen molar-refractivity contribution in [1.29, 1.82) is 0 Å². The highest BCUT2D eigenvalue weighted by molar-refractivity contribution is 7.80. The molecule has 15 heteroatoms. The van der Waals surface area contributed by atoms with Crippen LogP contribution in [0.3, 0.4) is 0 Å². The maximum absolute atomic E-state index is 13.0. The molecule has 3 amide bonds. The third kappa shape index (κ3) is 12.4. The Morgan fingerprint density at radius 2 is 1.45 bits per heavy atom. The first kappa shape index (κ1) is 32.2. The Balaban J connectivity index is 2.95. The van der Waals surface area contributed by atoms with Gasteiger partial charge in [0.1, 0.15) is 18.1 Å². The van der Waals surface area contributed by atoms with Gasteiger partial charge in [-0.1, -0.05) is 30.3 Å². The first-order chi connectivity index (χ1) is 17.9. The van der Waals surface area contributed by atoms with Crippen LogP contribution in [0.25, 0.3) is 0 Å². The van der Waals surface area contributed by atoms with Crippen molar-refractivity contribution in [2.24, 2.45) is 22.2 Å². The SMILES string of the molecule is NC(N)=NCCCC(NC(=O)C(CS)NC(=O)C(N)CCC(=O)O)C(=O)NC(Cc1ccccc1)C(=O)O. The lowest BCUT2D eigenvalue weighted by molar-refractivity contribution is -0.142. The van der Waals surface area contributed by atoms with Gasteiger partial charge in [0.15, 0.2) is 5.96 Å². The lowest BCUT2D eigenvalue weighted by Gasteiger charge is -2.24. The Morgan fingerprint density at radius 3 is 2.00 bits per heavy atom. The van der Waals surface area contributed by atoms with Crippen molar-refractivity contribution in [3.63, 3.8) is 0 Å². The maximum atomic E-state index is 13.0. The predicted molar refractivity (Wildman–Crippen MR) is 142 cm³/mol. The molecule has 1 aromatic rings. The highest BCUT2D eigenvalue weighted by Crippen LogP contribution is 2.06. The lowest BCUT2D eigenvalue weighted by Crippen LogP contribution is -2.57. The second-order valence-electron chi connectivity index (χ2n) is 8.38. The monoisotopic (exact) mass is 553 g/mol. The molecule has 0 fully saturated rings. The molecular weight excluding hydrogens is 518 g/mol. The van der Waals surface area contributed by atoms with E-state index in [4.69, 9.17) is 22.3 Å². The van der Waals surface area contributed by atoms with E-state index in [1.54, 1.807) is 30.3 Å². The average Bonchev–Trinajstić information content (AvgIpc) is 2.87. The number of benzene rings is 1. The minimum absolute atomic E-state index is 0.0140. The summed E-state index contributed by atoms with van der Waals surface area (Å²) in [4.78, 5) is 64.6. The lowest BCUT2D eigenvalue weighted by atomic mass is 10.0. The molecule has 0 aliphatic heterocycles. The normalized spacial score (nSPS) is 13.7. The van der Waals surface area contributed by atoms with Gasteiger partial charge in [-0.3, -0.25) is 24.2 Å². The van der Waals surface area contributed by atoms with Crippen molar-refractivity contribution in [1.82, 2.24) is 16.0 Å². The summed E-state index contributed by atoms with van der Waals surface area (Å²) < 4.78 is 0. The third-order valence-electron chi connectivity index (χ3n) is 5.30. The first-order valence-electron chi connectivity index (χ1n) is 11.8. The van der Waals surface area contributed by atoms with E-state index in [0.29, 0.717) is 5.56 Å². The van der Waals surface area contributed by atoms with Crippen molar-refractivity contribution in [3.05, 3.63) is 35.9 Å². The molecule has 210 valence electrons. The van der Waals surface area contributed by atoms with E-state index in [1.165, 1.54) is 0 Å². The summed E-state index contributed by atoms with van der Waals surface area (Å²) in [6.45, 7) is 0.152. The van der Waals surface area contributed by atoms with Gasteiger partial charge in [-0.25, -0.2) is 4.79 Å². The van der Waals surface area contributed by atoms with Crippen LogP contribution in [-0.4, -0.2) is 82.3 Å². The van der Waals surface area contributed by atoms with Crippen LogP contribution in [0.5, 0.6) is 0 Å². The topological polar surface area (TPSA) is 252 Å². The third-order valence-corrected chi connectivity index (χ3v) is 5.66. The molecule has 0 saturated carbocycles. The number of guanidine groups is 1. The molecule has 0 heterocycles. The number of nitrogens with one attached hydrogen (secondary N) is 3. The van der Waals surface area contributed by atoms with Gasteiger partial charge in [-0.2, -0.15) is 12.6 Å². The van der Waals surface area contributed by atoms with Gasteiger partial charge >= 0.3 is 11.9 Å². The number of carboxylic acids is 2. The standard InChI is InChI=1S/C23H35N7O7S/c24-14(8-9-18(31)32)19(33)30-17(12-38)21(35)28-15(7-4-10-27-23(25)26)20(34)29-16(22(36)37)11-13-5-2-1-3-6-13/h1-3,5-6,14-17,38H,4,7-12,24H2,(H,28,35)(H,29,34)(H,30,33)(H,31,32)(H,36,37)(H4,25,26,27).